The first kappa shape index (κ1) is 19.8. The number of ether oxygens (including phenoxy) is 1. The highest BCUT2D eigenvalue weighted by molar-refractivity contribution is 7.91. The summed E-state index contributed by atoms with van der Waals surface area (Å²) in [7, 11) is -3.13. The van der Waals surface area contributed by atoms with Crippen LogP contribution in [0.15, 0.2) is 24.3 Å². The van der Waals surface area contributed by atoms with Crippen LogP contribution in [0.1, 0.15) is 18.9 Å². The molecule has 1 aliphatic rings. The van der Waals surface area contributed by atoms with Gasteiger partial charge in [-0.1, -0.05) is 29.3 Å². The molecule has 0 aromatic heterocycles. The normalized spacial score (nSPS) is 22.0. The van der Waals surface area contributed by atoms with Gasteiger partial charge in [0.1, 0.15) is 0 Å². The quantitative estimate of drug-likeness (QED) is 0.599. The summed E-state index contributed by atoms with van der Waals surface area (Å²) < 4.78 is 27.8. The molecule has 1 saturated heterocycles. The number of carbonyl (C=O) groups excluding carboxylic acids is 2. The fraction of sp³-hybridized carbons (Fsp3) is 0.375. The molecule has 1 aromatic carbocycles. The van der Waals surface area contributed by atoms with Gasteiger partial charge >= 0.3 is 5.97 Å². The van der Waals surface area contributed by atoms with E-state index in [1.165, 1.54) is 12.1 Å². The molecule has 0 aliphatic carbocycles. The van der Waals surface area contributed by atoms with E-state index in [1.54, 1.807) is 19.1 Å². The Kier molecular flexibility index (Phi) is 6.13. The van der Waals surface area contributed by atoms with Gasteiger partial charge in [-0.15, -0.1) is 0 Å². The molecule has 0 saturated carbocycles. The van der Waals surface area contributed by atoms with E-state index in [0.717, 1.165) is 6.08 Å². The number of nitrogens with one attached hydrogen (secondary N) is 1. The second-order valence-electron chi connectivity index (χ2n) is 6.06. The first-order valence-corrected chi connectivity index (χ1v) is 9.98. The van der Waals surface area contributed by atoms with Gasteiger partial charge in [-0.2, -0.15) is 0 Å². The van der Waals surface area contributed by atoms with Crippen LogP contribution in [0.2, 0.25) is 10.0 Å². The van der Waals surface area contributed by atoms with Crippen molar-refractivity contribution in [1.82, 2.24) is 5.32 Å². The van der Waals surface area contributed by atoms with Gasteiger partial charge in [0.15, 0.2) is 16.4 Å². The van der Waals surface area contributed by atoms with Crippen molar-refractivity contribution in [3.8, 4) is 0 Å². The summed E-state index contributed by atoms with van der Waals surface area (Å²) in [6.45, 7) is 1.16. The number of carbonyl (C=O) groups is 2. The molecule has 0 unspecified atom stereocenters. The summed E-state index contributed by atoms with van der Waals surface area (Å²) in [6.07, 6.45) is 2.93. The fourth-order valence-corrected chi connectivity index (χ4v) is 5.03. The Morgan fingerprint density at radius 2 is 2.08 bits per heavy atom. The van der Waals surface area contributed by atoms with E-state index in [4.69, 9.17) is 27.9 Å². The van der Waals surface area contributed by atoms with E-state index in [2.05, 4.69) is 5.32 Å². The zero-order valence-electron chi connectivity index (χ0n) is 13.4. The Labute approximate surface area is 156 Å². The summed E-state index contributed by atoms with van der Waals surface area (Å²) in [6, 6.07) is 4.81. The molecular weight excluding hydrogens is 389 g/mol. The molecule has 136 valence electrons. The third-order valence-electron chi connectivity index (χ3n) is 3.65. The average Bonchev–Trinajstić information content (AvgIpc) is 2.77. The van der Waals surface area contributed by atoms with Gasteiger partial charge in [0, 0.05) is 16.1 Å². The Bertz CT molecular complexity index is 822. The molecule has 1 aromatic rings. The van der Waals surface area contributed by atoms with Crippen molar-refractivity contribution in [3.63, 3.8) is 0 Å². The van der Waals surface area contributed by atoms with E-state index in [9.17, 15) is 18.0 Å². The largest absolute Gasteiger partial charge is 0.452 e. The van der Waals surface area contributed by atoms with Gasteiger partial charge < -0.3 is 10.1 Å². The lowest BCUT2D eigenvalue weighted by Crippen LogP contribution is -2.48. The van der Waals surface area contributed by atoms with E-state index >= 15 is 0 Å². The van der Waals surface area contributed by atoms with Crippen LogP contribution in [0.3, 0.4) is 0 Å². The van der Waals surface area contributed by atoms with Crippen molar-refractivity contribution >= 4 is 51.0 Å². The van der Waals surface area contributed by atoms with E-state index < -0.39 is 33.9 Å². The lowest BCUT2D eigenvalue weighted by Gasteiger charge is -2.23. The Morgan fingerprint density at radius 3 is 2.68 bits per heavy atom. The molecule has 2 rings (SSSR count). The maximum atomic E-state index is 11.8. The summed E-state index contributed by atoms with van der Waals surface area (Å²) in [5.74, 6) is -1.35. The molecule has 1 heterocycles. The smallest absolute Gasteiger partial charge is 0.331 e. The monoisotopic (exact) mass is 405 g/mol. The predicted octanol–water partition coefficient (Wildman–Crippen LogP) is 2.24. The third kappa shape index (κ3) is 6.02. The highest BCUT2D eigenvalue weighted by Crippen LogP contribution is 2.23. The fourth-order valence-electron chi connectivity index (χ4n) is 2.46. The number of benzene rings is 1. The lowest BCUT2D eigenvalue weighted by molar-refractivity contribution is -0.144. The van der Waals surface area contributed by atoms with Gasteiger partial charge in [0.25, 0.3) is 5.91 Å². The minimum atomic E-state index is -3.13. The van der Waals surface area contributed by atoms with Crippen LogP contribution in [-0.2, 0) is 24.2 Å². The first-order chi connectivity index (χ1) is 11.6. The number of halogens is 2. The standard InChI is InChI=1S/C16H17Cl2NO5S/c1-16(6-7-25(22,23)10-16)19-14(20)9-24-15(21)5-3-11-2-4-12(17)8-13(11)18/h2-5,8H,6-7,9-10H2,1H3,(H,19,20)/b5-3+/t16-/m0/s1. The predicted molar refractivity (Wildman–Crippen MR) is 96.3 cm³/mol. The minimum Gasteiger partial charge on any atom is -0.452 e. The number of hydrogen-bond donors (Lipinski definition) is 1. The van der Waals surface area contributed by atoms with Gasteiger partial charge in [-0.25, -0.2) is 13.2 Å². The van der Waals surface area contributed by atoms with Gasteiger partial charge in [-0.05, 0) is 37.1 Å². The number of hydrogen-bond acceptors (Lipinski definition) is 5. The molecule has 0 spiro atoms. The molecule has 0 radical (unpaired) electrons. The summed E-state index contributed by atoms with van der Waals surface area (Å²) in [5, 5.41) is 3.46. The zero-order valence-corrected chi connectivity index (χ0v) is 15.7. The van der Waals surface area contributed by atoms with Crippen LogP contribution in [0.25, 0.3) is 6.08 Å². The Morgan fingerprint density at radius 1 is 1.36 bits per heavy atom. The van der Waals surface area contributed by atoms with Crippen molar-refractivity contribution in [1.29, 1.82) is 0 Å². The molecule has 0 bridgehead atoms. The van der Waals surface area contributed by atoms with Crippen LogP contribution in [0, 0.1) is 0 Å². The first-order valence-electron chi connectivity index (χ1n) is 7.40. The Hall–Kier alpha value is -1.57. The molecule has 1 N–H and O–H groups in total. The zero-order chi connectivity index (χ0) is 18.7. The molecule has 6 nitrogen and oxygen atoms in total. The molecule has 1 aliphatic heterocycles. The van der Waals surface area contributed by atoms with Crippen LogP contribution in [-0.4, -0.2) is 43.9 Å². The maximum Gasteiger partial charge on any atom is 0.331 e. The van der Waals surface area contributed by atoms with Crippen LogP contribution >= 0.6 is 23.2 Å². The van der Waals surface area contributed by atoms with Crippen LogP contribution < -0.4 is 5.32 Å². The number of sulfone groups is 1. The highest BCUT2D eigenvalue weighted by atomic mass is 35.5. The summed E-state index contributed by atoms with van der Waals surface area (Å²) >= 11 is 11.8. The Balaban J connectivity index is 1.83. The van der Waals surface area contributed by atoms with Gasteiger partial charge in [0.2, 0.25) is 0 Å². The van der Waals surface area contributed by atoms with E-state index in [-0.39, 0.29) is 11.5 Å². The summed E-state index contributed by atoms with van der Waals surface area (Å²) in [5.41, 5.74) is -0.245. The molecule has 9 heteroatoms. The summed E-state index contributed by atoms with van der Waals surface area (Å²) in [4.78, 5) is 23.5. The molecule has 1 amide bonds. The van der Waals surface area contributed by atoms with Gasteiger partial charge in [0.05, 0.1) is 17.0 Å². The second-order valence-corrected chi connectivity index (χ2v) is 9.09. The van der Waals surface area contributed by atoms with E-state index in [0.29, 0.717) is 22.0 Å². The minimum absolute atomic E-state index is 0.0359. The SMILES string of the molecule is C[C@]1(NC(=O)COC(=O)/C=C/c2ccc(Cl)cc2Cl)CCS(=O)(=O)C1. The van der Waals surface area contributed by atoms with Crippen LogP contribution in [0.5, 0.6) is 0 Å². The maximum absolute atomic E-state index is 11.8. The molecular formula is C16H17Cl2NO5S. The number of esters is 1. The lowest BCUT2D eigenvalue weighted by atomic mass is 10.0. The average molecular weight is 406 g/mol. The topological polar surface area (TPSA) is 89.5 Å². The van der Waals surface area contributed by atoms with Gasteiger partial charge in [-0.3, -0.25) is 4.79 Å². The van der Waals surface area contributed by atoms with Crippen molar-refractivity contribution < 1.29 is 22.7 Å². The molecule has 25 heavy (non-hydrogen) atoms. The molecule has 1 atom stereocenters. The van der Waals surface area contributed by atoms with Crippen LogP contribution in [0.4, 0.5) is 0 Å². The third-order valence-corrected chi connectivity index (χ3v) is 6.12. The van der Waals surface area contributed by atoms with Crippen molar-refractivity contribution in [3.05, 3.63) is 39.9 Å². The van der Waals surface area contributed by atoms with E-state index in [1.807, 2.05) is 0 Å². The molecule has 1 fully saturated rings. The second kappa shape index (κ2) is 7.76. The number of amides is 1. The highest BCUT2D eigenvalue weighted by Gasteiger charge is 2.39. The van der Waals surface area contributed by atoms with Crippen molar-refractivity contribution in [2.75, 3.05) is 18.1 Å². The van der Waals surface area contributed by atoms with Crippen molar-refractivity contribution in [2.45, 2.75) is 18.9 Å². The van der Waals surface area contributed by atoms with Crippen molar-refractivity contribution in [2.24, 2.45) is 0 Å². The number of rotatable bonds is 5.